The molecule has 17 heavy (non-hydrogen) atoms. The van der Waals surface area contributed by atoms with Crippen molar-refractivity contribution in [1.29, 1.82) is 0 Å². The molecule has 2 aromatic rings. The van der Waals surface area contributed by atoms with Gasteiger partial charge in [0.15, 0.2) is 5.76 Å². The number of hydrogen-bond donors (Lipinski definition) is 1. The first-order valence-electron chi connectivity index (χ1n) is 5.67. The van der Waals surface area contributed by atoms with Crippen LogP contribution in [0.15, 0.2) is 33.4 Å². The molecule has 2 N–H and O–H groups in total. The fraction of sp³-hybridized carbons (Fsp3) is 0.417. The average molecular weight is 235 g/mol. The Morgan fingerprint density at radius 1 is 1.41 bits per heavy atom. The first-order valence-corrected chi connectivity index (χ1v) is 5.67. The van der Waals surface area contributed by atoms with Crippen molar-refractivity contribution >= 4 is 0 Å². The van der Waals surface area contributed by atoms with Gasteiger partial charge >= 0.3 is 0 Å². The zero-order valence-electron chi connectivity index (χ0n) is 9.93. The van der Waals surface area contributed by atoms with Crippen molar-refractivity contribution in [3.63, 3.8) is 0 Å². The van der Waals surface area contributed by atoms with Crippen molar-refractivity contribution in [1.82, 2.24) is 10.1 Å². The van der Waals surface area contributed by atoms with Crippen molar-refractivity contribution in [2.75, 3.05) is 20.1 Å². The van der Waals surface area contributed by atoms with Gasteiger partial charge in [-0.1, -0.05) is 5.16 Å². The molecule has 0 amide bonds. The molecule has 0 aromatic carbocycles. The van der Waals surface area contributed by atoms with Crippen molar-refractivity contribution in [3.8, 4) is 11.5 Å². The van der Waals surface area contributed by atoms with E-state index in [1.165, 1.54) is 0 Å². The summed E-state index contributed by atoms with van der Waals surface area (Å²) in [6, 6.07) is 5.57. The highest BCUT2D eigenvalue weighted by atomic mass is 16.5. The van der Waals surface area contributed by atoms with E-state index >= 15 is 0 Å². The molecule has 5 nitrogen and oxygen atoms in total. The summed E-state index contributed by atoms with van der Waals surface area (Å²) in [4.78, 5) is 2.16. The van der Waals surface area contributed by atoms with Crippen LogP contribution in [0.3, 0.4) is 0 Å². The summed E-state index contributed by atoms with van der Waals surface area (Å²) < 4.78 is 10.5. The second-order valence-electron chi connectivity index (χ2n) is 4.04. The molecule has 5 heteroatoms. The molecule has 2 rings (SSSR count). The summed E-state index contributed by atoms with van der Waals surface area (Å²) in [6.07, 6.45) is 2.60. The molecular formula is C12H17N3O2. The molecule has 0 spiro atoms. The molecule has 0 fully saturated rings. The van der Waals surface area contributed by atoms with Gasteiger partial charge < -0.3 is 19.6 Å². The molecule has 92 valence electrons. The summed E-state index contributed by atoms with van der Waals surface area (Å²) in [7, 11) is 2.04. The average Bonchev–Trinajstić information content (AvgIpc) is 2.95. The number of aromatic nitrogens is 1. The van der Waals surface area contributed by atoms with Gasteiger partial charge in [0, 0.05) is 12.6 Å². The van der Waals surface area contributed by atoms with E-state index in [0.29, 0.717) is 18.1 Å². The predicted molar refractivity (Wildman–Crippen MR) is 64.2 cm³/mol. The van der Waals surface area contributed by atoms with Crippen LogP contribution in [-0.4, -0.2) is 30.2 Å². The first-order chi connectivity index (χ1) is 8.29. The van der Waals surface area contributed by atoms with Crippen LogP contribution in [0, 0.1) is 0 Å². The highest BCUT2D eigenvalue weighted by molar-refractivity contribution is 5.49. The van der Waals surface area contributed by atoms with E-state index in [1.807, 2.05) is 25.2 Å². The molecule has 0 bridgehead atoms. The quantitative estimate of drug-likeness (QED) is 0.825. The van der Waals surface area contributed by atoms with Crippen LogP contribution in [0.1, 0.15) is 12.1 Å². The zero-order chi connectivity index (χ0) is 12.1. The lowest BCUT2D eigenvalue weighted by Gasteiger charge is -2.13. The Hall–Kier alpha value is -1.59. The highest BCUT2D eigenvalue weighted by Gasteiger charge is 2.10. The van der Waals surface area contributed by atoms with Gasteiger partial charge in [-0.2, -0.15) is 0 Å². The number of furan rings is 1. The molecule has 2 aromatic heterocycles. The molecular weight excluding hydrogens is 218 g/mol. The number of nitrogens with zero attached hydrogens (tertiary/aromatic N) is 2. The van der Waals surface area contributed by atoms with Gasteiger partial charge in [0.1, 0.15) is 0 Å². The molecule has 0 radical (unpaired) electrons. The van der Waals surface area contributed by atoms with Gasteiger partial charge in [0.2, 0.25) is 5.76 Å². The Kier molecular flexibility index (Phi) is 3.95. The SMILES string of the molecule is CN(CCCN)Cc1cc(-c2ccco2)on1. The topological polar surface area (TPSA) is 68.4 Å². The van der Waals surface area contributed by atoms with E-state index in [2.05, 4.69) is 10.1 Å². The second kappa shape index (κ2) is 5.65. The Morgan fingerprint density at radius 3 is 3.00 bits per heavy atom. The Balaban J connectivity index is 1.94. The Bertz CT molecular complexity index is 436. The molecule has 0 saturated carbocycles. The van der Waals surface area contributed by atoms with Crippen molar-refractivity contribution in [3.05, 3.63) is 30.2 Å². The summed E-state index contributed by atoms with van der Waals surface area (Å²) in [6.45, 7) is 2.42. The highest BCUT2D eigenvalue weighted by Crippen LogP contribution is 2.20. The molecule has 0 aliphatic heterocycles. The Morgan fingerprint density at radius 2 is 2.29 bits per heavy atom. The van der Waals surface area contributed by atoms with Crippen LogP contribution in [0.2, 0.25) is 0 Å². The lowest BCUT2D eigenvalue weighted by Crippen LogP contribution is -2.21. The van der Waals surface area contributed by atoms with Crippen molar-refractivity contribution in [2.45, 2.75) is 13.0 Å². The van der Waals surface area contributed by atoms with Gasteiger partial charge in [-0.3, -0.25) is 0 Å². The first kappa shape index (κ1) is 11.9. The van der Waals surface area contributed by atoms with E-state index in [9.17, 15) is 0 Å². The minimum absolute atomic E-state index is 0.664. The summed E-state index contributed by atoms with van der Waals surface area (Å²) in [5.41, 5.74) is 6.36. The number of rotatable bonds is 6. The fourth-order valence-corrected chi connectivity index (χ4v) is 1.64. The standard InChI is InChI=1S/C12H17N3O2/c1-15(6-3-5-13)9-10-8-12(17-14-10)11-4-2-7-16-11/h2,4,7-8H,3,5-6,9,13H2,1H3. The normalized spacial score (nSPS) is 11.2. The Labute approximate surface area is 100 Å². The minimum atomic E-state index is 0.664. The van der Waals surface area contributed by atoms with Crippen molar-refractivity contribution < 1.29 is 8.94 Å². The van der Waals surface area contributed by atoms with Crippen LogP contribution in [0.4, 0.5) is 0 Å². The largest absolute Gasteiger partial charge is 0.461 e. The summed E-state index contributed by atoms with van der Waals surface area (Å²) >= 11 is 0. The maximum Gasteiger partial charge on any atom is 0.202 e. The van der Waals surface area contributed by atoms with E-state index in [1.54, 1.807) is 6.26 Å². The summed E-state index contributed by atoms with van der Waals surface area (Å²) in [5.74, 6) is 1.37. The minimum Gasteiger partial charge on any atom is -0.461 e. The van der Waals surface area contributed by atoms with Gasteiger partial charge in [-0.05, 0) is 38.7 Å². The van der Waals surface area contributed by atoms with Gasteiger partial charge in [-0.15, -0.1) is 0 Å². The smallest absolute Gasteiger partial charge is 0.202 e. The molecule has 0 aliphatic carbocycles. The predicted octanol–water partition coefficient (Wildman–Crippen LogP) is 1.72. The third-order valence-electron chi connectivity index (χ3n) is 2.50. The van der Waals surface area contributed by atoms with Gasteiger partial charge in [-0.25, -0.2) is 0 Å². The molecule has 0 aliphatic rings. The van der Waals surface area contributed by atoms with Crippen LogP contribution < -0.4 is 5.73 Å². The van der Waals surface area contributed by atoms with Gasteiger partial charge in [0.05, 0.1) is 12.0 Å². The zero-order valence-corrected chi connectivity index (χ0v) is 9.93. The van der Waals surface area contributed by atoms with Crippen LogP contribution in [0.25, 0.3) is 11.5 Å². The van der Waals surface area contributed by atoms with E-state index < -0.39 is 0 Å². The molecule has 0 saturated heterocycles. The van der Waals surface area contributed by atoms with E-state index in [4.69, 9.17) is 14.7 Å². The molecule has 2 heterocycles. The second-order valence-corrected chi connectivity index (χ2v) is 4.04. The maximum atomic E-state index is 5.47. The third kappa shape index (κ3) is 3.18. The lowest BCUT2D eigenvalue weighted by molar-refractivity contribution is 0.309. The third-order valence-corrected chi connectivity index (χ3v) is 2.50. The summed E-state index contributed by atoms with van der Waals surface area (Å²) in [5, 5.41) is 4.01. The van der Waals surface area contributed by atoms with Crippen LogP contribution in [0.5, 0.6) is 0 Å². The lowest BCUT2D eigenvalue weighted by atomic mass is 10.3. The fourth-order valence-electron chi connectivity index (χ4n) is 1.64. The van der Waals surface area contributed by atoms with Crippen molar-refractivity contribution in [2.24, 2.45) is 5.73 Å². The molecule has 0 unspecified atom stereocenters. The van der Waals surface area contributed by atoms with E-state index in [0.717, 1.165) is 25.2 Å². The monoisotopic (exact) mass is 235 g/mol. The van der Waals surface area contributed by atoms with E-state index in [-0.39, 0.29) is 0 Å². The number of hydrogen-bond acceptors (Lipinski definition) is 5. The van der Waals surface area contributed by atoms with Crippen LogP contribution >= 0.6 is 0 Å². The number of nitrogens with two attached hydrogens (primary N) is 1. The van der Waals surface area contributed by atoms with Crippen LogP contribution in [-0.2, 0) is 6.54 Å². The van der Waals surface area contributed by atoms with Gasteiger partial charge in [0.25, 0.3) is 0 Å². The molecule has 0 atom stereocenters. The maximum absolute atomic E-state index is 5.47.